The van der Waals surface area contributed by atoms with Crippen molar-refractivity contribution < 1.29 is 9.53 Å². The van der Waals surface area contributed by atoms with E-state index in [1.807, 2.05) is 24.3 Å². The predicted octanol–water partition coefficient (Wildman–Crippen LogP) is 3.45. The first-order chi connectivity index (χ1) is 9.76. The number of nitrogens with zero attached hydrogens (tertiary/aromatic N) is 2. The molecule has 1 aromatic heterocycles. The molecule has 0 radical (unpaired) electrons. The van der Waals surface area contributed by atoms with Gasteiger partial charge in [-0.05, 0) is 12.5 Å². The summed E-state index contributed by atoms with van der Waals surface area (Å²) in [4.78, 5) is 20.4. The molecule has 0 bridgehead atoms. The summed E-state index contributed by atoms with van der Waals surface area (Å²) in [7, 11) is 1.43. The SMILES string of the molecule is CCCCC(Sc1ncnc2ccccc12)C(=O)OC. The Kier molecular flexibility index (Phi) is 5.35. The molecule has 2 rings (SSSR count). The lowest BCUT2D eigenvalue weighted by atomic mass is 10.2. The third kappa shape index (κ3) is 3.48. The number of thioether (sulfide) groups is 1. The molecule has 1 unspecified atom stereocenters. The molecular weight excluding hydrogens is 272 g/mol. The van der Waals surface area contributed by atoms with Crippen LogP contribution in [0.5, 0.6) is 0 Å². The molecule has 20 heavy (non-hydrogen) atoms. The summed E-state index contributed by atoms with van der Waals surface area (Å²) in [6.45, 7) is 2.11. The van der Waals surface area contributed by atoms with Crippen LogP contribution >= 0.6 is 11.8 Å². The van der Waals surface area contributed by atoms with Crippen molar-refractivity contribution in [1.82, 2.24) is 9.97 Å². The molecule has 0 saturated carbocycles. The van der Waals surface area contributed by atoms with Gasteiger partial charge in [-0.1, -0.05) is 49.7 Å². The molecule has 4 nitrogen and oxygen atoms in total. The number of methoxy groups -OCH3 is 1. The number of rotatable bonds is 6. The summed E-state index contributed by atoms with van der Waals surface area (Å²) in [6, 6.07) is 7.82. The third-order valence-electron chi connectivity index (χ3n) is 3.04. The van der Waals surface area contributed by atoms with Gasteiger partial charge in [-0.2, -0.15) is 0 Å². The molecule has 106 valence electrons. The van der Waals surface area contributed by atoms with Crippen molar-refractivity contribution in [2.45, 2.75) is 36.5 Å². The number of hydrogen-bond acceptors (Lipinski definition) is 5. The number of hydrogen-bond donors (Lipinski definition) is 0. The van der Waals surface area contributed by atoms with Crippen molar-refractivity contribution in [1.29, 1.82) is 0 Å². The van der Waals surface area contributed by atoms with Crippen molar-refractivity contribution in [3.05, 3.63) is 30.6 Å². The Balaban J connectivity index is 2.25. The summed E-state index contributed by atoms with van der Waals surface area (Å²) in [6.07, 6.45) is 4.39. The van der Waals surface area contributed by atoms with Crippen molar-refractivity contribution in [2.75, 3.05) is 7.11 Å². The van der Waals surface area contributed by atoms with Gasteiger partial charge < -0.3 is 4.74 Å². The minimum Gasteiger partial charge on any atom is -0.468 e. The number of aromatic nitrogens is 2. The summed E-state index contributed by atoms with van der Waals surface area (Å²) in [5, 5.41) is 1.60. The number of fused-ring (bicyclic) bond motifs is 1. The van der Waals surface area contributed by atoms with E-state index in [2.05, 4.69) is 16.9 Å². The van der Waals surface area contributed by atoms with Crippen LogP contribution < -0.4 is 0 Å². The van der Waals surface area contributed by atoms with Gasteiger partial charge in [0, 0.05) is 5.39 Å². The number of carbonyl (C=O) groups excluding carboxylic acids is 1. The fourth-order valence-electron chi connectivity index (χ4n) is 1.95. The second kappa shape index (κ2) is 7.24. The second-order valence-corrected chi connectivity index (χ2v) is 5.66. The van der Waals surface area contributed by atoms with E-state index in [1.165, 1.54) is 18.9 Å². The van der Waals surface area contributed by atoms with E-state index in [0.29, 0.717) is 0 Å². The van der Waals surface area contributed by atoms with Gasteiger partial charge in [0.1, 0.15) is 16.6 Å². The molecule has 0 aliphatic carbocycles. The van der Waals surface area contributed by atoms with Crippen LogP contribution in [0.4, 0.5) is 0 Å². The van der Waals surface area contributed by atoms with Gasteiger partial charge in [-0.25, -0.2) is 9.97 Å². The normalized spacial score (nSPS) is 12.3. The third-order valence-corrected chi connectivity index (χ3v) is 4.31. The fourth-order valence-corrected chi connectivity index (χ4v) is 3.11. The van der Waals surface area contributed by atoms with E-state index < -0.39 is 0 Å². The number of ether oxygens (including phenoxy) is 1. The van der Waals surface area contributed by atoms with E-state index in [4.69, 9.17) is 4.74 Å². The highest BCUT2D eigenvalue weighted by molar-refractivity contribution is 8.00. The van der Waals surface area contributed by atoms with Gasteiger partial charge >= 0.3 is 5.97 Å². The zero-order chi connectivity index (χ0) is 14.4. The topological polar surface area (TPSA) is 52.1 Å². The molecule has 5 heteroatoms. The summed E-state index contributed by atoms with van der Waals surface area (Å²) in [5.74, 6) is -0.189. The number of carbonyl (C=O) groups is 1. The molecule has 1 atom stereocenters. The molecule has 2 aromatic rings. The van der Waals surface area contributed by atoms with Crippen LogP contribution in [0.25, 0.3) is 10.9 Å². The van der Waals surface area contributed by atoms with Gasteiger partial charge in [-0.15, -0.1) is 0 Å². The van der Waals surface area contributed by atoms with Crippen molar-refractivity contribution in [2.24, 2.45) is 0 Å². The Labute approximate surface area is 123 Å². The highest BCUT2D eigenvalue weighted by Crippen LogP contribution is 2.30. The standard InChI is InChI=1S/C15H18N2O2S/c1-3-4-9-13(15(18)19-2)20-14-11-7-5-6-8-12(11)16-10-17-14/h5-8,10,13H,3-4,9H2,1-2H3. The van der Waals surface area contributed by atoms with E-state index in [-0.39, 0.29) is 11.2 Å². The number of para-hydroxylation sites is 1. The van der Waals surface area contributed by atoms with E-state index in [9.17, 15) is 4.79 Å². The zero-order valence-electron chi connectivity index (χ0n) is 11.7. The Hall–Kier alpha value is -1.62. The van der Waals surface area contributed by atoms with E-state index in [1.54, 1.807) is 6.33 Å². The maximum atomic E-state index is 11.9. The summed E-state index contributed by atoms with van der Waals surface area (Å²) in [5.41, 5.74) is 0.893. The molecule has 0 fully saturated rings. The summed E-state index contributed by atoms with van der Waals surface area (Å²) >= 11 is 1.47. The zero-order valence-corrected chi connectivity index (χ0v) is 12.5. The Morgan fingerprint density at radius 2 is 2.15 bits per heavy atom. The maximum absolute atomic E-state index is 11.9. The minimum absolute atomic E-state index is 0.189. The van der Waals surface area contributed by atoms with Crippen LogP contribution in [0.1, 0.15) is 26.2 Å². The monoisotopic (exact) mass is 290 g/mol. The lowest BCUT2D eigenvalue weighted by molar-refractivity contribution is -0.140. The quantitative estimate of drug-likeness (QED) is 0.463. The first-order valence-corrected chi connectivity index (χ1v) is 7.58. The molecule has 0 amide bonds. The van der Waals surface area contributed by atoms with Gasteiger partial charge in [0.15, 0.2) is 0 Å². The van der Waals surface area contributed by atoms with Crippen molar-refractivity contribution >= 4 is 28.6 Å². The molecule has 0 N–H and O–H groups in total. The first-order valence-electron chi connectivity index (χ1n) is 6.70. The average Bonchev–Trinajstić information content (AvgIpc) is 2.50. The molecule has 1 heterocycles. The van der Waals surface area contributed by atoms with Crippen LogP contribution in [0.15, 0.2) is 35.6 Å². The molecule has 0 aliphatic rings. The van der Waals surface area contributed by atoms with Crippen LogP contribution in [0, 0.1) is 0 Å². The molecule has 0 aliphatic heterocycles. The van der Waals surface area contributed by atoms with Crippen LogP contribution in [-0.2, 0) is 9.53 Å². The minimum atomic E-state index is -0.210. The van der Waals surface area contributed by atoms with Crippen LogP contribution in [0.2, 0.25) is 0 Å². The number of benzene rings is 1. The van der Waals surface area contributed by atoms with Gasteiger partial charge in [-0.3, -0.25) is 4.79 Å². The Bertz CT molecular complexity index is 584. The largest absolute Gasteiger partial charge is 0.468 e. The smallest absolute Gasteiger partial charge is 0.319 e. The lowest BCUT2D eigenvalue weighted by Crippen LogP contribution is -2.19. The van der Waals surface area contributed by atoms with Gasteiger partial charge in [0.25, 0.3) is 0 Å². The van der Waals surface area contributed by atoms with E-state index >= 15 is 0 Å². The van der Waals surface area contributed by atoms with Gasteiger partial charge in [0.05, 0.1) is 12.6 Å². The van der Waals surface area contributed by atoms with Crippen molar-refractivity contribution in [3.63, 3.8) is 0 Å². The van der Waals surface area contributed by atoms with Crippen LogP contribution in [-0.4, -0.2) is 28.3 Å². The maximum Gasteiger partial charge on any atom is 0.319 e. The highest BCUT2D eigenvalue weighted by Gasteiger charge is 2.21. The fraction of sp³-hybridized carbons (Fsp3) is 0.400. The highest BCUT2D eigenvalue weighted by atomic mass is 32.2. The van der Waals surface area contributed by atoms with Gasteiger partial charge in [0.2, 0.25) is 0 Å². The van der Waals surface area contributed by atoms with Crippen LogP contribution in [0.3, 0.4) is 0 Å². The Morgan fingerprint density at radius 1 is 1.35 bits per heavy atom. The summed E-state index contributed by atoms with van der Waals surface area (Å²) < 4.78 is 4.89. The second-order valence-electron chi connectivity index (χ2n) is 4.47. The molecule has 1 aromatic carbocycles. The predicted molar refractivity (Wildman–Crippen MR) is 80.7 cm³/mol. The Morgan fingerprint density at radius 3 is 2.90 bits per heavy atom. The van der Waals surface area contributed by atoms with E-state index in [0.717, 1.165) is 35.2 Å². The van der Waals surface area contributed by atoms with Crippen molar-refractivity contribution in [3.8, 4) is 0 Å². The molecular formula is C15H18N2O2S. The average molecular weight is 290 g/mol. The molecule has 0 saturated heterocycles. The lowest BCUT2D eigenvalue weighted by Gasteiger charge is -2.14. The molecule has 0 spiro atoms. The first kappa shape index (κ1) is 14.8. The number of esters is 1. The number of unbranched alkanes of at least 4 members (excludes halogenated alkanes) is 1.